The first-order valence-electron chi connectivity index (χ1n) is 29.2. The largest absolute Gasteiger partial charge is 0.311 e. The predicted molar refractivity (Wildman–Crippen MR) is 311 cm³/mol. The topological polar surface area (TPSA) is 6.48 Å². The fourth-order valence-corrected chi connectivity index (χ4v) is 15.1. The Kier molecular flexibility index (Phi) is 8.77. The van der Waals surface area contributed by atoms with E-state index in [1.165, 1.54) is 76.1 Å². The van der Waals surface area contributed by atoms with Crippen LogP contribution in [0.3, 0.4) is 0 Å². The molecule has 6 aromatic carbocycles. The van der Waals surface area contributed by atoms with E-state index in [-0.39, 0.29) is 80.4 Å². The molecule has 0 unspecified atom stereocenters. The Hall–Kier alpha value is -5.06. The molecule has 0 radical (unpaired) electrons. The van der Waals surface area contributed by atoms with Gasteiger partial charge in [0.15, 0.2) is 0 Å². The van der Waals surface area contributed by atoms with Gasteiger partial charge >= 0.3 is 0 Å². The Morgan fingerprint density at radius 3 is 1.63 bits per heavy atom. The van der Waals surface area contributed by atoms with Gasteiger partial charge in [-0.25, -0.2) is 0 Å². The number of benzene rings is 6. The fourth-order valence-electron chi connectivity index (χ4n) is 13.8. The standard InChI is InChI=1S/C67H77BN2S/c1-40-32-55-58-56(33-40)70(54-38-50-48(64(9,10)28-30-66(50,13)14)36-44(54)41-20-18-17-19-21-41)53-25-22-42(61(2,3)4)34-52(53)68(58)60-59(45-37-49-51(39-57(45)71-60)67(15,16)31-29-65(49,11)12)69(55)43-23-24-46-47(35-43)63(7,8)27-26-62(46,5)6/h17-25,32-39H,26-31H2,1-16H3/i17D,18D,19D,20D,21D. The molecule has 0 saturated carbocycles. The minimum atomic E-state index is -0.380. The normalized spacial score (nSPS) is 21.4. The molecule has 2 aliphatic heterocycles. The monoisotopic (exact) mass is 958 g/mol. The molecule has 1 aromatic heterocycles. The quantitative estimate of drug-likeness (QED) is 0.163. The third-order valence-electron chi connectivity index (χ3n) is 18.7. The van der Waals surface area contributed by atoms with E-state index in [0.717, 1.165) is 66.8 Å². The molecule has 0 fully saturated rings. The van der Waals surface area contributed by atoms with Crippen LogP contribution in [0.25, 0.3) is 21.2 Å². The highest BCUT2D eigenvalue weighted by atomic mass is 32.1. The lowest BCUT2D eigenvalue weighted by Crippen LogP contribution is -2.60. The maximum atomic E-state index is 9.62. The maximum absolute atomic E-state index is 9.62. The van der Waals surface area contributed by atoms with Crippen LogP contribution in [0.5, 0.6) is 0 Å². The highest BCUT2D eigenvalue weighted by molar-refractivity contribution is 7.33. The van der Waals surface area contributed by atoms with Crippen molar-refractivity contribution in [3.63, 3.8) is 0 Å². The van der Waals surface area contributed by atoms with Crippen LogP contribution in [0.15, 0.2) is 103 Å². The third kappa shape index (κ3) is 6.98. The van der Waals surface area contributed by atoms with Crippen molar-refractivity contribution in [3.8, 4) is 11.1 Å². The summed E-state index contributed by atoms with van der Waals surface area (Å²) in [4.78, 5) is 5.09. The molecule has 71 heavy (non-hydrogen) atoms. The Bertz CT molecular complexity index is 3670. The predicted octanol–water partition coefficient (Wildman–Crippen LogP) is 17.3. The van der Waals surface area contributed by atoms with Crippen molar-refractivity contribution < 1.29 is 6.85 Å². The summed E-state index contributed by atoms with van der Waals surface area (Å²) in [6.45, 7) is 37.8. The lowest BCUT2D eigenvalue weighted by molar-refractivity contribution is 0.332. The maximum Gasteiger partial charge on any atom is 0.264 e. The van der Waals surface area contributed by atoms with Crippen molar-refractivity contribution in [1.82, 2.24) is 0 Å². The molecule has 0 saturated heterocycles. The summed E-state index contributed by atoms with van der Waals surface area (Å²) < 4.78 is 48.7. The molecule has 5 aliphatic rings. The first-order valence-corrected chi connectivity index (χ1v) is 27.5. The van der Waals surface area contributed by atoms with E-state index in [1.54, 1.807) is 0 Å². The summed E-state index contributed by atoms with van der Waals surface area (Å²) in [6.07, 6.45) is 6.53. The van der Waals surface area contributed by atoms with E-state index in [2.05, 4.69) is 193 Å². The molecule has 0 N–H and O–H groups in total. The Morgan fingerprint density at radius 1 is 0.521 bits per heavy atom. The van der Waals surface area contributed by atoms with Gasteiger partial charge in [0.05, 0.1) is 18.2 Å². The van der Waals surface area contributed by atoms with Gasteiger partial charge in [0, 0.05) is 43.2 Å². The molecular weight excluding hydrogens is 876 g/mol. The van der Waals surface area contributed by atoms with Gasteiger partial charge in [-0.05, 0) is 199 Å². The number of nitrogens with zero attached hydrogens (tertiary/aromatic N) is 2. The number of hydrogen-bond donors (Lipinski definition) is 0. The van der Waals surface area contributed by atoms with Crippen LogP contribution < -0.4 is 25.5 Å². The molecule has 364 valence electrons. The van der Waals surface area contributed by atoms with Crippen molar-refractivity contribution in [2.75, 3.05) is 9.80 Å². The summed E-state index contributed by atoms with van der Waals surface area (Å²) in [7, 11) is 0. The molecule has 3 heterocycles. The lowest BCUT2D eigenvalue weighted by Gasteiger charge is -2.46. The zero-order chi connectivity index (χ0) is 54.7. The number of aryl methyl sites for hydroxylation is 1. The molecule has 3 aliphatic carbocycles. The molecule has 0 amide bonds. The van der Waals surface area contributed by atoms with Gasteiger partial charge in [0.25, 0.3) is 6.71 Å². The molecular formula is C67H77BN2S. The zero-order valence-corrected chi connectivity index (χ0v) is 46.4. The van der Waals surface area contributed by atoms with Crippen LogP contribution in [0, 0.1) is 6.92 Å². The van der Waals surface area contributed by atoms with Crippen LogP contribution in [0.4, 0.5) is 34.1 Å². The van der Waals surface area contributed by atoms with Crippen LogP contribution in [0.1, 0.15) is 194 Å². The number of thiophene rings is 1. The Balaban J connectivity index is 1.24. The summed E-state index contributed by atoms with van der Waals surface area (Å²) in [5.41, 5.74) is 20.1. The minimum Gasteiger partial charge on any atom is -0.311 e. The first-order chi connectivity index (χ1) is 35.3. The van der Waals surface area contributed by atoms with Crippen LogP contribution in [0.2, 0.25) is 0 Å². The Morgan fingerprint density at radius 2 is 1.04 bits per heavy atom. The molecule has 2 nitrogen and oxygen atoms in total. The van der Waals surface area contributed by atoms with Gasteiger partial charge in [-0.3, -0.25) is 0 Å². The van der Waals surface area contributed by atoms with Gasteiger partial charge in [-0.1, -0.05) is 152 Å². The first kappa shape index (κ1) is 41.4. The van der Waals surface area contributed by atoms with Crippen molar-refractivity contribution in [1.29, 1.82) is 0 Å². The summed E-state index contributed by atoms with van der Waals surface area (Å²) in [5, 5.41) is 1.31. The number of fused-ring (bicyclic) bond motifs is 9. The second kappa shape index (κ2) is 15.0. The van der Waals surface area contributed by atoms with Crippen LogP contribution >= 0.6 is 11.3 Å². The van der Waals surface area contributed by atoms with Gasteiger partial charge in [0.2, 0.25) is 0 Å². The lowest BCUT2D eigenvalue weighted by atomic mass is 9.36. The smallest absolute Gasteiger partial charge is 0.264 e. The minimum absolute atomic E-state index is 0.00682. The van der Waals surface area contributed by atoms with E-state index in [0.29, 0.717) is 5.56 Å². The van der Waals surface area contributed by atoms with Crippen molar-refractivity contribution in [3.05, 3.63) is 148 Å². The number of rotatable bonds is 3. The average molecular weight is 958 g/mol. The van der Waals surface area contributed by atoms with E-state index in [1.807, 2.05) is 11.3 Å². The van der Waals surface area contributed by atoms with E-state index >= 15 is 0 Å². The number of anilines is 6. The molecule has 0 atom stereocenters. The van der Waals surface area contributed by atoms with Crippen molar-refractivity contribution >= 4 is 78.0 Å². The SMILES string of the molecule is [2H]c1c([2H])c([2H])c(-c2cc3c(cc2N2c4ccc(C(C)(C)C)cc4B4c5sc6cc7c(cc6c5N(c5ccc6c(c5)C(C)(C)CCC6(C)C)c5cc(C)cc2c54)C(C)(C)CCC7(C)C)C(C)(C)CCC3(C)C)c([2H])c1[2H]. The summed E-state index contributed by atoms with van der Waals surface area (Å²) in [5.74, 6) is 0. The van der Waals surface area contributed by atoms with E-state index in [9.17, 15) is 2.74 Å². The second-order valence-electron chi connectivity index (χ2n) is 27.5. The molecule has 12 rings (SSSR count). The van der Waals surface area contributed by atoms with Crippen LogP contribution in [-0.4, -0.2) is 6.71 Å². The highest BCUT2D eigenvalue weighted by Gasteiger charge is 2.49. The Labute approximate surface area is 438 Å². The molecule has 7 aromatic rings. The average Bonchev–Trinajstić information content (AvgIpc) is 3.86. The van der Waals surface area contributed by atoms with Gasteiger partial charge in [-0.15, -0.1) is 11.3 Å². The molecule has 0 spiro atoms. The van der Waals surface area contributed by atoms with E-state index < -0.39 is 0 Å². The van der Waals surface area contributed by atoms with Gasteiger partial charge in [-0.2, -0.15) is 0 Å². The van der Waals surface area contributed by atoms with Crippen molar-refractivity contribution in [2.45, 2.75) is 187 Å². The highest BCUT2D eigenvalue weighted by Crippen LogP contribution is 2.56. The van der Waals surface area contributed by atoms with Gasteiger partial charge < -0.3 is 9.80 Å². The molecule has 4 heteroatoms. The fraction of sp³-hybridized carbons (Fsp3) is 0.433. The van der Waals surface area contributed by atoms with Gasteiger partial charge in [0.1, 0.15) is 0 Å². The summed E-state index contributed by atoms with van der Waals surface area (Å²) in [6, 6.07) is 27.7. The number of hydrogen-bond acceptors (Lipinski definition) is 3. The van der Waals surface area contributed by atoms with Crippen molar-refractivity contribution in [2.24, 2.45) is 0 Å². The third-order valence-corrected chi connectivity index (χ3v) is 19.9. The van der Waals surface area contributed by atoms with Crippen LogP contribution in [-0.2, 0) is 37.9 Å². The van der Waals surface area contributed by atoms with E-state index in [4.69, 9.17) is 4.11 Å². The summed E-state index contributed by atoms with van der Waals surface area (Å²) >= 11 is 1.97. The second-order valence-corrected chi connectivity index (χ2v) is 28.6. The zero-order valence-electron chi connectivity index (χ0n) is 50.6. The molecule has 0 bridgehead atoms.